The first-order chi connectivity index (χ1) is 25.0. The van der Waals surface area contributed by atoms with Crippen molar-refractivity contribution in [3.05, 3.63) is 191 Å². The molecule has 0 saturated heterocycles. The molecule has 0 unspecified atom stereocenters. The molecule has 0 bridgehead atoms. The Morgan fingerprint density at radius 3 is 1.71 bits per heavy atom. The van der Waals surface area contributed by atoms with Crippen molar-refractivity contribution in [3.8, 4) is 34.1 Å². The molecule has 1 spiro atoms. The molecule has 242 valence electrons. The molecule has 0 amide bonds. The van der Waals surface area contributed by atoms with Crippen LogP contribution in [0.1, 0.15) is 47.2 Å². The Balaban J connectivity index is 1.07. The van der Waals surface area contributed by atoms with Crippen LogP contribution in [-0.2, 0) is 10.8 Å². The van der Waals surface area contributed by atoms with Crippen molar-refractivity contribution in [1.29, 1.82) is 0 Å². The maximum Gasteiger partial charge on any atom is 0.182 e. The third-order valence-electron chi connectivity index (χ3n) is 11.3. The van der Waals surface area contributed by atoms with E-state index in [1.165, 1.54) is 27.8 Å². The minimum atomic E-state index is -0.553. The SMILES string of the molecule is CC1(C)c2ccccc2-c2c1ccc1nc(-c3ccc(N4c5ccccc5C5(c6ccccc6Oc6ccccc65)c5ccccc54)cc3)nn21. The summed E-state index contributed by atoms with van der Waals surface area (Å²) in [4.78, 5) is 7.41. The van der Waals surface area contributed by atoms with Crippen molar-refractivity contribution in [3.63, 3.8) is 0 Å². The smallest absolute Gasteiger partial charge is 0.182 e. The minimum Gasteiger partial charge on any atom is -0.457 e. The monoisotopic (exact) mass is 656 g/mol. The summed E-state index contributed by atoms with van der Waals surface area (Å²) in [5, 5.41) is 5.11. The van der Waals surface area contributed by atoms with E-state index in [0.29, 0.717) is 5.82 Å². The molecule has 5 heteroatoms. The van der Waals surface area contributed by atoms with Crippen LogP contribution < -0.4 is 9.64 Å². The van der Waals surface area contributed by atoms with Gasteiger partial charge in [-0.15, -0.1) is 5.10 Å². The van der Waals surface area contributed by atoms with Crippen LogP contribution in [0.4, 0.5) is 17.1 Å². The Labute approximate surface area is 296 Å². The number of rotatable bonds is 2. The lowest BCUT2D eigenvalue weighted by Crippen LogP contribution is -2.39. The number of aromatic nitrogens is 3. The molecule has 4 heterocycles. The van der Waals surface area contributed by atoms with E-state index in [0.717, 1.165) is 56.6 Å². The molecule has 1 aliphatic carbocycles. The van der Waals surface area contributed by atoms with E-state index < -0.39 is 5.41 Å². The number of hydrogen-bond acceptors (Lipinski definition) is 4. The highest BCUT2D eigenvalue weighted by Crippen LogP contribution is 2.62. The zero-order valence-corrected chi connectivity index (χ0v) is 28.2. The van der Waals surface area contributed by atoms with Gasteiger partial charge < -0.3 is 9.64 Å². The van der Waals surface area contributed by atoms with Gasteiger partial charge in [-0.2, -0.15) is 0 Å². The molecule has 3 aliphatic rings. The predicted octanol–water partition coefficient (Wildman–Crippen LogP) is 11.0. The van der Waals surface area contributed by atoms with Gasteiger partial charge in [0.15, 0.2) is 11.5 Å². The number of fused-ring (bicyclic) bond motifs is 13. The van der Waals surface area contributed by atoms with Crippen molar-refractivity contribution in [2.24, 2.45) is 0 Å². The summed E-state index contributed by atoms with van der Waals surface area (Å²) in [7, 11) is 0. The molecular formula is C46H32N4O. The lowest BCUT2D eigenvalue weighted by molar-refractivity contribution is 0.434. The molecule has 0 saturated carbocycles. The lowest BCUT2D eigenvalue weighted by Gasteiger charge is -2.48. The minimum absolute atomic E-state index is 0.0949. The highest BCUT2D eigenvalue weighted by molar-refractivity contribution is 5.91. The van der Waals surface area contributed by atoms with Crippen molar-refractivity contribution in [2.75, 3.05) is 4.90 Å². The summed E-state index contributed by atoms with van der Waals surface area (Å²) in [5.74, 6) is 2.48. The van der Waals surface area contributed by atoms with Gasteiger partial charge in [0, 0.05) is 33.4 Å². The Morgan fingerprint density at radius 2 is 1.06 bits per heavy atom. The van der Waals surface area contributed by atoms with Gasteiger partial charge in [-0.05, 0) is 76.9 Å². The van der Waals surface area contributed by atoms with Crippen LogP contribution in [-0.4, -0.2) is 14.6 Å². The van der Waals surface area contributed by atoms with Crippen molar-refractivity contribution >= 4 is 22.7 Å². The molecule has 2 aromatic heterocycles. The molecule has 0 radical (unpaired) electrons. The first-order valence-electron chi connectivity index (χ1n) is 17.5. The number of ether oxygens (including phenoxy) is 1. The molecule has 6 aromatic carbocycles. The summed E-state index contributed by atoms with van der Waals surface area (Å²) in [6.07, 6.45) is 0. The molecule has 2 aliphatic heterocycles. The zero-order valence-electron chi connectivity index (χ0n) is 28.2. The van der Waals surface area contributed by atoms with Crippen molar-refractivity contribution in [1.82, 2.24) is 14.6 Å². The fourth-order valence-corrected chi connectivity index (χ4v) is 9.07. The summed E-state index contributed by atoms with van der Waals surface area (Å²) >= 11 is 0. The van der Waals surface area contributed by atoms with Gasteiger partial charge in [-0.25, -0.2) is 9.50 Å². The van der Waals surface area contributed by atoms with E-state index in [1.807, 2.05) is 4.52 Å². The first-order valence-corrected chi connectivity index (χ1v) is 17.5. The fourth-order valence-electron chi connectivity index (χ4n) is 9.07. The molecule has 0 N–H and O–H groups in total. The second kappa shape index (κ2) is 10.1. The van der Waals surface area contributed by atoms with E-state index in [4.69, 9.17) is 14.8 Å². The quantitative estimate of drug-likeness (QED) is 0.186. The van der Waals surface area contributed by atoms with Crippen LogP contribution in [0, 0.1) is 0 Å². The van der Waals surface area contributed by atoms with E-state index >= 15 is 0 Å². The van der Waals surface area contributed by atoms with E-state index in [1.54, 1.807) is 0 Å². The van der Waals surface area contributed by atoms with Gasteiger partial charge in [-0.3, -0.25) is 0 Å². The predicted molar refractivity (Wildman–Crippen MR) is 203 cm³/mol. The van der Waals surface area contributed by atoms with Gasteiger partial charge in [0.2, 0.25) is 0 Å². The number of nitrogens with zero attached hydrogens (tertiary/aromatic N) is 4. The Morgan fingerprint density at radius 1 is 0.510 bits per heavy atom. The van der Waals surface area contributed by atoms with Crippen LogP contribution in [0.15, 0.2) is 158 Å². The first kappa shape index (κ1) is 28.4. The Kier molecular flexibility index (Phi) is 5.59. The standard InChI is InChI=1S/C46H32N4O/c1-45(2)32-14-4-3-13-31(32)43-37(45)27-28-42-47-44(48-50(42)43)29-23-25-30(26-24-29)49-38-19-9-5-15-33(38)46(34-16-6-10-20-39(34)49)35-17-7-11-21-40(35)51-41-22-12-8-18-36(41)46/h3-28H,1-2H3. The van der Waals surface area contributed by atoms with Crippen molar-refractivity contribution in [2.45, 2.75) is 24.7 Å². The molecular weight excluding hydrogens is 625 g/mol. The number of para-hydroxylation sites is 4. The lowest BCUT2D eigenvalue weighted by atomic mass is 9.61. The van der Waals surface area contributed by atoms with Crippen LogP contribution in [0.2, 0.25) is 0 Å². The highest BCUT2D eigenvalue weighted by Gasteiger charge is 2.51. The Hall–Kier alpha value is -6.46. The average Bonchev–Trinajstić information content (AvgIpc) is 3.71. The van der Waals surface area contributed by atoms with Gasteiger partial charge in [0.05, 0.1) is 22.5 Å². The van der Waals surface area contributed by atoms with Crippen molar-refractivity contribution < 1.29 is 4.74 Å². The summed E-state index contributed by atoms with van der Waals surface area (Å²) in [6.45, 7) is 4.58. The third kappa shape index (κ3) is 3.65. The third-order valence-corrected chi connectivity index (χ3v) is 11.3. The molecule has 11 rings (SSSR count). The zero-order chi connectivity index (χ0) is 33.9. The van der Waals surface area contributed by atoms with Gasteiger partial charge in [-0.1, -0.05) is 117 Å². The average molecular weight is 657 g/mol. The summed E-state index contributed by atoms with van der Waals surface area (Å²) in [5.41, 5.74) is 14.2. The van der Waals surface area contributed by atoms with E-state index in [-0.39, 0.29) is 5.41 Å². The summed E-state index contributed by atoms with van der Waals surface area (Å²) < 4.78 is 8.58. The van der Waals surface area contributed by atoms with Crippen LogP contribution in [0.25, 0.3) is 28.3 Å². The van der Waals surface area contributed by atoms with Gasteiger partial charge in [0.25, 0.3) is 0 Å². The van der Waals surface area contributed by atoms with Crippen LogP contribution >= 0.6 is 0 Å². The number of pyridine rings is 1. The summed E-state index contributed by atoms with van der Waals surface area (Å²) in [6, 6.07) is 56.3. The maximum atomic E-state index is 6.55. The number of benzene rings is 6. The van der Waals surface area contributed by atoms with Gasteiger partial charge >= 0.3 is 0 Å². The largest absolute Gasteiger partial charge is 0.457 e. The van der Waals surface area contributed by atoms with Crippen LogP contribution in [0.3, 0.4) is 0 Å². The van der Waals surface area contributed by atoms with Crippen LogP contribution in [0.5, 0.6) is 11.5 Å². The van der Waals surface area contributed by atoms with E-state index in [2.05, 4.69) is 176 Å². The number of anilines is 3. The normalized spacial score (nSPS) is 15.3. The molecule has 51 heavy (non-hydrogen) atoms. The Bertz CT molecular complexity index is 2630. The molecule has 8 aromatic rings. The molecule has 0 atom stereocenters. The second-order valence-corrected chi connectivity index (χ2v) is 14.2. The maximum absolute atomic E-state index is 6.55. The van der Waals surface area contributed by atoms with E-state index in [9.17, 15) is 0 Å². The molecule has 0 fully saturated rings. The van der Waals surface area contributed by atoms with Gasteiger partial charge in [0.1, 0.15) is 11.5 Å². The topological polar surface area (TPSA) is 42.7 Å². The number of hydrogen-bond donors (Lipinski definition) is 0. The second-order valence-electron chi connectivity index (χ2n) is 14.2. The highest BCUT2D eigenvalue weighted by atomic mass is 16.5. The molecule has 5 nitrogen and oxygen atoms in total. The fraction of sp³-hybridized carbons (Fsp3) is 0.0870.